The van der Waals surface area contributed by atoms with Crippen LogP contribution in [0.2, 0.25) is 0 Å². The molecule has 2 aromatic rings. The Hall–Kier alpha value is -3.07. The quantitative estimate of drug-likeness (QED) is 0.316. The van der Waals surface area contributed by atoms with Crippen molar-refractivity contribution in [2.24, 2.45) is 5.92 Å². The normalized spacial score (nSPS) is 17.5. The zero-order chi connectivity index (χ0) is 30.2. The first-order valence-corrected chi connectivity index (χ1v) is 14.5. The summed E-state index contributed by atoms with van der Waals surface area (Å²) in [6, 6.07) is 8.15. The highest BCUT2D eigenvalue weighted by Gasteiger charge is 2.35. The molecule has 1 aliphatic rings. The van der Waals surface area contributed by atoms with Crippen LogP contribution >= 0.6 is 0 Å². The third-order valence-electron chi connectivity index (χ3n) is 6.49. The predicted molar refractivity (Wildman–Crippen MR) is 145 cm³/mol. The second-order valence-electron chi connectivity index (χ2n) is 9.78. The fourth-order valence-electron chi connectivity index (χ4n) is 4.41. The van der Waals surface area contributed by atoms with Gasteiger partial charge in [-0.2, -0.15) is 0 Å². The summed E-state index contributed by atoms with van der Waals surface area (Å²) >= 11 is 0. The van der Waals surface area contributed by atoms with Crippen LogP contribution < -0.4 is 24.2 Å². The highest BCUT2D eigenvalue weighted by Crippen LogP contribution is 2.30. The molecule has 41 heavy (non-hydrogen) atoms. The predicted octanol–water partition coefficient (Wildman–Crippen LogP) is 3.43. The molecule has 2 aromatic carbocycles. The van der Waals surface area contributed by atoms with Gasteiger partial charge in [-0.3, -0.25) is 4.79 Å². The number of halogens is 3. The molecule has 1 amide bonds. The molecule has 0 bridgehead atoms. The average molecular weight is 604 g/mol. The van der Waals surface area contributed by atoms with Crippen molar-refractivity contribution in [3.63, 3.8) is 0 Å². The summed E-state index contributed by atoms with van der Waals surface area (Å²) in [5, 5.41) is 3.16. The van der Waals surface area contributed by atoms with Crippen molar-refractivity contribution in [3.05, 3.63) is 48.0 Å². The zero-order valence-electron chi connectivity index (χ0n) is 23.4. The van der Waals surface area contributed by atoms with Crippen molar-refractivity contribution in [2.75, 3.05) is 47.1 Å². The minimum absolute atomic E-state index is 0.199. The highest BCUT2D eigenvalue weighted by atomic mass is 32.2. The highest BCUT2D eigenvalue weighted by molar-refractivity contribution is 7.89. The number of carbonyl (C=O) groups excluding carboxylic acids is 1. The second kappa shape index (κ2) is 14.2. The Bertz CT molecular complexity index is 1260. The number of nitrogens with zero attached hydrogens (tertiary/aromatic N) is 1. The molecule has 0 aromatic heterocycles. The summed E-state index contributed by atoms with van der Waals surface area (Å²) in [6.45, 7) is 5.68. The standard InChI is InChI=1S/C27H36F3N3O7S/c1-18(2)33(26(34)19-6-11-24(38-4)25(14-19)39-13-5-12-37-3)17-20-15-31-16-23(20)32-41(35,36)22-9-7-21(8-10-22)40-27(28,29)30/h6-11,14,18,20,23,31-32H,5,12-13,15-17H2,1-4H3/t20-,23+/m0/s1. The van der Waals surface area contributed by atoms with Gasteiger partial charge in [-0.25, -0.2) is 13.1 Å². The van der Waals surface area contributed by atoms with Gasteiger partial charge < -0.3 is 29.2 Å². The maximum Gasteiger partial charge on any atom is 0.573 e. The molecule has 228 valence electrons. The third-order valence-corrected chi connectivity index (χ3v) is 8.00. The van der Waals surface area contributed by atoms with Crippen LogP contribution in [0.4, 0.5) is 13.2 Å². The van der Waals surface area contributed by atoms with Crippen LogP contribution in [-0.4, -0.2) is 84.7 Å². The lowest BCUT2D eigenvalue weighted by Gasteiger charge is -2.32. The van der Waals surface area contributed by atoms with Crippen molar-refractivity contribution in [2.45, 2.75) is 43.6 Å². The first-order valence-electron chi connectivity index (χ1n) is 13.0. The van der Waals surface area contributed by atoms with Gasteiger partial charge in [0.15, 0.2) is 11.5 Å². The Labute approximate surface area is 238 Å². The third kappa shape index (κ3) is 9.21. The monoisotopic (exact) mass is 603 g/mol. The number of methoxy groups -OCH3 is 2. The minimum atomic E-state index is -4.88. The van der Waals surface area contributed by atoms with Crippen LogP contribution in [0, 0.1) is 5.92 Å². The van der Waals surface area contributed by atoms with Gasteiger partial charge in [-0.05, 0) is 56.3 Å². The maximum atomic E-state index is 13.6. The maximum absolute atomic E-state index is 13.6. The zero-order valence-corrected chi connectivity index (χ0v) is 24.2. The minimum Gasteiger partial charge on any atom is -0.493 e. The molecule has 1 heterocycles. The number of ether oxygens (including phenoxy) is 4. The van der Waals surface area contributed by atoms with Crippen LogP contribution in [0.5, 0.6) is 17.2 Å². The van der Waals surface area contributed by atoms with Gasteiger partial charge in [0.25, 0.3) is 5.91 Å². The molecule has 2 N–H and O–H groups in total. The number of hydrogen-bond donors (Lipinski definition) is 2. The molecule has 0 radical (unpaired) electrons. The Kier molecular flexibility index (Phi) is 11.2. The molecule has 1 saturated heterocycles. The van der Waals surface area contributed by atoms with Gasteiger partial charge in [0, 0.05) is 63.3 Å². The number of nitrogens with one attached hydrogen (secondary N) is 2. The summed E-state index contributed by atoms with van der Waals surface area (Å²) < 4.78 is 86.0. The van der Waals surface area contributed by atoms with Crippen molar-refractivity contribution in [3.8, 4) is 17.2 Å². The Morgan fingerprint density at radius 3 is 2.39 bits per heavy atom. The summed E-state index contributed by atoms with van der Waals surface area (Å²) in [4.78, 5) is 15.1. The number of alkyl halides is 3. The van der Waals surface area contributed by atoms with E-state index in [1.807, 2.05) is 13.8 Å². The van der Waals surface area contributed by atoms with Gasteiger partial charge in [0.2, 0.25) is 10.0 Å². The number of sulfonamides is 1. The van der Waals surface area contributed by atoms with Crippen molar-refractivity contribution in [1.82, 2.24) is 14.9 Å². The van der Waals surface area contributed by atoms with E-state index in [0.717, 1.165) is 24.3 Å². The SMILES string of the molecule is COCCCOc1cc(C(=O)N(C[C@@H]2CNC[C@H]2NS(=O)(=O)c2ccc(OC(F)(F)F)cc2)C(C)C)ccc1OC. The Balaban J connectivity index is 1.72. The number of benzene rings is 2. The molecule has 0 aliphatic carbocycles. The van der Waals surface area contributed by atoms with Crippen LogP contribution in [0.1, 0.15) is 30.6 Å². The van der Waals surface area contributed by atoms with E-state index in [1.54, 1.807) is 30.2 Å². The van der Waals surface area contributed by atoms with Crippen LogP contribution in [0.15, 0.2) is 47.4 Å². The van der Waals surface area contributed by atoms with Gasteiger partial charge in [-0.15, -0.1) is 13.2 Å². The lowest BCUT2D eigenvalue weighted by Crippen LogP contribution is -2.47. The molecule has 0 spiro atoms. The van der Waals surface area contributed by atoms with E-state index < -0.39 is 28.2 Å². The molecule has 1 fully saturated rings. The van der Waals surface area contributed by atoms with Crippen molar-refractivity contribution >= 4 is 15.9 Å². The number of carbonyl (C=O) groups is 1. The number of hydrogen-bond acceptors (Lipinski definition) is 8. The van der Waals surface area contributed by atoms with Crippen LogP contribution in [0.25, 0.3) is 0 Å². The summed E-state index contributed by atoms with van der Waals surface area (Å²) in [5.41, 5.74) is 0.394. The smallest absolute Gasteiger partial charge is 0.493 e. The second-order valence-corrected chi connectivity index (χ2v) is 11.5. The summed E-state index contributed by atoms with van der Waals surface area (Å²) in [6.07, 6.45) is -4.22. The molecule has 10 nitrogen and oxygen atoms in total. The molecule has 1 aliphatic heterocycles. The van der Waals surface area contributed by atoms with Crippen molar-refractivity contribution < 1.29 is 45.3 Å². The lowest BCUT2D eigenvalue weighted by atomic mass is 10.0. The first-order chi connectivity index (χ1) is 19.3. The number of amides is 1. The average Bonchev–Trinajstić information content (AvgIpc) is 3.34. The van der Waals surface area contributed by atoms with E-state index in [1.165, 1.54) is 7.11 Å². The van der Waals surface area contributed by atoms with Gasteiger partial charge >= 0.3 is 6.36 Å². The van der Waals surface area contributed by atoms with E-state index in [2.05, 4.69) is 14.8 Å². The van der Waals surface area contributed by atoms with Gasteiger partial charge in [-0.1, -0.05) is 0 Å². The number of rotatable bonds is 14. The summed E-state index contributed by atoms with van der Waals surface area (Å²) in [5.74, 6) is -0.129. The molecule has 14 heteroatoms. The van der Waals surface area contributed by atoms with E-state index in [4.69, 9.17) is 14.2 Å². The molecule has 2 atom stereocenters. The van der Waals surface area contributed by atoms with Gasteiger partial charge in [0.05, 0.1) is 18.6 Å². The van der Waals surface area contributed by atoms with E-state index in [0.29, 0.717) is 49.8 Å². The largest absolute Gasteiger partial charge is 0.573 e. The van der Waals surface area contributed by atoms with Crippen molar-refractivity contribution in [1.29, 1.82) is 0 Å². The molecule has 3 rings (SSSR count). The lowest BCUT2D eigenvalue weighted by molar-refractivity contribution is -0.274. The Morgan fingerprint density at radius 1 is 1.07 bits per heavy atom. The molecular formula is C27H36F3N3O7S. The topological polar surface area (TPSA) is 115 Å². The van der Waals surface area contributed by atoms with Crippen LogP contribution in [-0.2, 0) is 14.8 Å². The van der Waals surface area contributed by atoms with Crippen LogP contribution in [0.3, 0.4) is 0 Å². The Morgan fingerprint density at radius 2 is 1.78 bits per heavy atom. The first kappa shape index (κ1) is 32.4. The summed E-state index contributed by atoms with van der Waals surface area (Å²) in [7, 11) is -0.948. The molecule has 0 saturated carbocycles. The van der Waals surface area contributed by atoms with E-state index in [-0.39, 0.29) is 29.3 Å². The van der Waals surface area contributed by atoms with E-state index in [9.17, 15) is 26.4 Å². The fourth-order valence-corrected chi connectivity index (χ4v) is 5.71. The molecule has 0 unspecified atom stereocenters. The van der Waals surface area contributed by atoms with E-state index >= 15 is 0 Å². The van der Waals surface area contributed by atoms with Gasteiger partial charge in [0.1, 0.15) is 5.75 Å². The fraction of sp³-hybridized carbons (Fsp3) is 0.519. The molecular weight excluding hydrogens is 567 g/mol.